The van der Waals surface area contributed by atoms with Gasteiger partial charge in [-0.05, 0) is 49.7 Å². The second kappa shape index (κ2) is 11.8. The lowest BCUT2D eigenvalue weighted by molar-refractivity contribution is -0.130. The van der Waals surface area contributed by atoms with Gasteiger partial charge in [-0.25, -0.2) is 0 Å². The molecule has 0 N–H and O–H groups in total. The van der Waals surface area contributed by atoms with Gasteiger partial charge in [0.25, 0.3) is 0 Å². The monoisotopic (exact) mass is 356 g/mol. The Bertz CT molecular complexity index is 588. The van der Waals surface area contributed by atoms with Crippen molar-refractivity contribution in [2.45, 2.75) is 85.0 Å². The summed E-state index contributed by atoms with van der Waals surface area (Å²) in [5.74, 6) is 0.632. The maximum atomic E-state index is 13.2. The normalized spacial score (nSPS) is 13.2. The topological polar surface area (TPSA) is 34.1 Å². The smallest absolute Gasteiger partial charge is 0.139 e. The maximum absolute atomic E-state index is 13.2. The summed E-state index contributed by atoms with van der Waals surface area (Å²) in [6, 6.07) is 8.41. The zero-order chi connectivity index (χ0) is 19.4. The summed E-state index contributed by atoms with van der Waals surface area (Å²) in [6.45, 7) is 10.1. The van der Waals surface area contributed by atoms with E-state index in [9.17, 15) is 9.59 Å². The van der Waals surface area contributed by atoms with Crippen LogP contribution in [0.3, 0.4) is 0 Å². The molecular formula is C24H36O2. The van der Waals surface area contributed by atoms with Crippen molar-refractivity contribution in [2.24, 2.45) is 5.41 Å². The molecule has 0 radical (unpaired) electrons. The summed E-state index contributed by atoms with van der Waals surface area (Å²) in [6.07, 6.45) is 9.62. The molecule has 0 saturated heterocycles. The number of allylic oxidation sites excluding steroid dienone is 1. The van der Waals surface area contributed by atoms with Gasteiger partial charge in [-0.1, -0.05) is 57.5 Å². The fraction of sp³-hybridized carbons (Fsp3) is 0.583. The van der Waals surface area contributed by atoms with Crippen LogP contribution in [0.25, 0.3) is 0 Å². The minimum absolute atomic E-state index is 0.290. The molecule has 2 nitrogen and oxygen atoms in total. The lowest BCUT2D eigenvalue weighted by atomic mass is 9.71. The summed E-state index contributed by atoms with van der Waals surface area (Å²) in [4.78, 5) is 24.9. The van der Waals surface area contributed by atoms with E-state index in [4.69, 9.17) is 0 Å². The molecule has 0 aliphatic carbocycles. The fourth-order valence-corrected chi connectivity index (χ4v) is 3.94. The summed E-state index contributed by atoms with van der Waals surface area (Å²) in [5, 5.41) is 0. The summed E-state index contributed by atoms with van der Waals surface area (Å²) in [7, 11) is 0. The van der Waals surface area contributed by atoms with Crippen LogP contribution >= 0.6 is 0 Å². The molecule has 1 unspecified atom stereocenters. The van der Waals surface area contributed by atoms with Crippen LogP contribution in [-0.2, 0) is 22.4 Å². The van der Waals surface area contributed by atoms with Crippen LogP contribution in [0.1, 0.15) is 83.3 Å². The van der Waals surface area contributed by atoms with Crippen molar-refractivity contribution in [1.29, 1.82) is 0 Å². The molecule has 0 aromatic heterocycles. The Morgan fingerprint density at radius 3 is 2.31 bits per heavy atom. The van der Waals surface area contributed by atoms with E-state index < -0.39 is 0 Å². The molecule has 1 aromatic carbocycles. The Kier molecular flexibility index (Phi) is 10.2. The Hall–Kier alpha value is -1.70. The predicted octanol–water partition coefficient (Wildman–Crippen LogP) is 6.26. The first-order valence-electron chi connectivity index (χ1n) is 10.3. The van der Waals surface area contributed by atoms with Crippen molar-refractivity contribution < 1.29 is 9.59 Å². The average molecular weight is 357 g/mol. The van der Waals surface area contributed by atoms with Gasteiger partial charge in [0.2, 0.25) is 0 Å². The van der Waals surface area contributed by atoms with Crippen molar-refractivity contribution in [3.8, 4) is 0 Å². The second-order valence-electron chi connectivity index (χ2n) is 7.31. The van der Waals surface area contributed by atoms with Crippen molar-refractivity contribution in [1.82, 2.24) is 0 Å². The van der Waals surface area contributed by atoms with Gasteiger partial charge >= 0.3 is 0 Å². The highest BCUT2D eigenvalue weighted by Crippen LogP contribution is 2.37. The molecule has 0 spiro atoms. The maximum Gasteiger partial charge on any atom is 0.139 e. The van der Waals surface area contributed by atoms with Gasteiger partial charge in [0, 0.05) is 24.7 Å². The van der Waals surface area contributed by atoms with E-state index in [-0.39, 0.29) is 5.41 Å². The summed E-state index contributed by atoms with van der Waals surface area (Å²) in [5.41, 5.74) is 2.28. The Morgan fingerprint density at radius 2 is 1.73 bits per heavy atom. The standard InChI is InChI=1S/C24H36O2/c1-5-17-24(18-6-2,19-11-14-22(25)8-4)23(26)16-15-21-13-10-9-12-20(21)7-3/h5,9-10,12-13H,1,6-8,11,14-19H2,2-4H3. The van der Waals surface area contributed by atoms with Crippen LogP contribution < -0.4 is 0 Å². The van der Waals surface area contributed by atoms with Gasteiger partial charge in [-0.3, -0.25) is 9.59 Å². The minimum atomic E-state index is -0.342. The third kappa shape index (κ3) is 6.55. The van der Waals surface area contributed by atoms with Crippen LogP contribution in [0.5, 0.6) is 0 Å². The van der Waals surface area contributed by atoms with Gasteiger partial charge in [0.15, 0.2) is 0 Å². The number of hydrogen-bond donors (Lipinski definition) is 0. The highest BCUT2D eigenvalue weighted by Gasteiger charge is 2.35. The molecule has 0 aliphatic rings. The van der Waals surface area contributed by atoms with Gasteiger partial charge in [0.05, 0.1) is 0 Å². The molecule has 26 heavy (non-hydrogen) atoms. The number of carbonyl (C=O) groups excluding carboxylic acids is 2. The van der Waals surface area contributed by atoms with Crippen LogP contribution in [0.4, 0.5) is 0 Å². The third-order valence-electron chi connectivity index (χ3n) is 5.48. The number of benzene rings is 1. The SMILES string of the molecule is C=CCC(CCC)(CCCC(=O)CC)C(=O)CCc1ccccc1CC. The Balaban J connectivity index is 2.84. The molecule has 0 aliphatic heterocycles. The van der Waals surface area contributed by atoms with Gasteiger partial charge < -0.3 is 0 Å². The number of Topliss-reactive ketones (excluding diaryl/α,β-unsaturated/α-hetero) is 2. The molecule has 0 heterocycles. The van der Waals surface area contributed by atoms with Gasteiger partial charge in [0.1, 0.15) is 11.6 Å². The van der Waals surface area contributed by atoms with Gasteiger partial charge in [-0.15, -0.1) is 6.58 Å². The Labute approximate surface area is 160 Å². The molecule has 0 bridgehead atoms. The molecule has 0 amide bonds. The first-order valence-corrected chi connectivity index (χ1v) is 10.3. The molecule has 0 fully saturated rings. The molecule has 0 saturated carbocycles. The molecular weight excluding hydrogens is 320 g/mol. The molecule has 1 rings (SSSR count). The van der Waals surface area contributed by atoms with E-state index >= 15 is 0 Å². The Morgan fingerprint density at radius 1 is 1.04 bits per heavy atom. The van der Waals surface area contributed by atoms with Crippen molar-refractivity contribution >= 4 is 11.6 Å². The lowest BCUT2D eigenvalue weighted by Crippen LogP contribution is -2.31. The van der Waals surface area contributed by atoms with Crippen molar-refractivity contribution in [2.75, 3.05) is 0 Å². The van der Waals surface area contributed by atoms with E-state index in [0.29, 0.717) is 30.8 Å². The zero-order valence-corrected chi connectivity index (χ0v) is 17.0. The number of ketones is 2. The zero-order valence-electron chi connectivity index (χ0n) is 17.0. The number of carbonyl (C=O) groups is 2. The first-order chi connectivity index (χ1) is 12.5. The largest absolute Gasteiger partial charge is 0.300 e. The first kappa shape index (κ1) is 22.3. The van der Waals surface area contributed by atoms with E-state index in [1.165, 1.54) is 11.1 Å². The van der Waals surface area contributed by atoms with E-state index in [0.717, 1.165) is 44.9 Å². The molecule has 2 heteroatoms. The van der Waals surface area contributed by atoms with Crippen molar-refractivity contribution in [3.05, 3.63) is 48.0 Å². The third-order valence-corrected chi connectivity index (χ3v) is 5.48. The molecule has 144 valence electrons. The van der Waals surface area contributed by atoms with Crippen molar-refractivity contribution in [3.63, 3.8) is 0 Å². The van der Waals surface area contributed by atoms with E-state index in [2.05, 4.69) is 44.7 Å². The molecule has 1 aromatic rings. The highest BCUT2D eigenvalue weighted by atomic mass is 16.1. The minimum Gasteiger partial charge on any atom is -0.300 e. The lowest BCUT2D eigenvalue weighted by Gasteiger charge is -2.31. The second-order valence-corrected chi connectivity index (χ2v) is 7.31. The number of hydrogen-bond acceptors (Lipinski definition) is 2. The van der Waals surface area contributed by atoms with E-state index in [1.807, 2.05) is 13.0 Å². The van der Waals surface area contributed by atoms with Crippen LogP contribution in [-0.4, -0.2) is 11.6 Å². The van der Waals surface area contributed by atoms with Crippen LogP contribution in [0.15, 0.2) is 36.9 Å². The van der Waals surface area contributed by atoms with Gasteiger partial charge in [-0.2, -0.15) is 0 Å². The number of rotatable bonds is 14. The molecule has 1 atom stereocenters. The fourth-order valence-electron chi connectivity index (χ4n) is 3.94. The van der Waals surface area contributed by atoms with E-state index in [1.54, 1.807) is 0 Å². The number of aryl methyl sites for hydroxylation is 2. The summed E-state index contributed by atoms with van der Waals surface area (Å²) < 4.78 is 0. The quantitative estimate of drug-likeness (QED) is 0.368. The predicted molar refractivity (Wildman–Crippen MR) is 110 cm³/mol. The summed E-state index contributed by atoms with van der Waals surface area (Å²) >= 11 is 0. The van der Waals surface area contributed by atoms with Crippen LogP contribution in [0, 0.1) is 5.41 Å². The highest BCUT2D eigenvalue weighted by molar-refractivity contribution is 5.85. The average Bonchev–Trinajstić information content (AvgIpc) is 2.66. The van der Waals surface area contributed by atoms with Crippen LogP contribution in [0.2, 0.25) is 0 Å².